The number of rotatable bonds is 5. The van der Waals surface area contributed by atoms with E-state index in [9.17, 15) is 4.79 Å². The average molecular weight is 222 g/mol. The van der Waals surface area contributed by atoms with Crippen molar-refractivity contribution in [3.63, 3.8) is 0 Å². The Hall–Kier alpha value is -1.35. The van der Waals surface area contributed by atoms with Crippen molar-refractivity contribution in [2.24, 2.45) is 0 Å². The molecule has 0 aromatic heterocycles. The zero-order valence-corrected chi connectivity index (χ0v) is 10.2. The molecule has 0 aliphatic carbocycles. The van der Waals surface area contributed by atoms with Crippen LogP contribution >= 0.6 is 0 Å². The minimum atomic E-state index is -0.0538. The molecule has 0 saturated carbocycles. The molecular formula is C13H18O3. The van der Waals surface area contributed by atoms with Crippen LogP contribution in [0, 0.1) is 0 Å². The molecule has 0 amide bonds. The van der Waals surface area contributed by atoms with Crippen molar-refractivity contribution in [2.45, 2.75) is 19.8 Å². The number of hydrogen-bond acceptors (Lipinski definition) is 3. The molecule has 1 aromatic rings. The fraction of sp³-hybridized carbons (Fsp3) is 0.462. The first-order chi connectivity index (χ1) is 7.60. The van der Waals surface area contributed by atoms with Crippen LogP contribution in [0.5, 0.6) is 5.75 Å². The van der Waals surface area contributed by atoms with Gasteiger partial charge in [0, 0.05) is 7.11 Å². The van der Waals surface area contributed by atoms with Gasteiger partial charge in [0.2, 0.25) is 0 Å². The summed E-state index contributed by atoms with van der Waals surface area (Å²) in [7, 11) is 3.07. The van der Waals surface area contributed by atoms with Crippen LogP contribution in [0.3, 0.4) is 0 Å². The van der Waals surface area contributed by atoms with Gasteiger partial charge in [0.15, 0.2) is 5.78 Å². The number of ketones is 1. The van der Waals surface area contributed by atoms with E-state index in [2.05, 4.69) is 13.8 Å². The number of carbonyl (C=O) groups is 1. The van der Waals surface area contributed by atoms with Crippen LogP contribution in [0.4, 0.5) is 0 Å². The fourth-order valence-corrected chi connectivity index (χ4v) is 1.51. The third-order valence-electron chi connectivity index (χ3n) is 2.47. The summed E-state index contributed by atoms with van der Waals surface area (Å²) < 4.78 is 10.0. The lowest BCUT2D eigenvalue weighted by Gasteiger charge is -2.11. The SMILES string of the molecule is COCC(=O)c1cc(C(C)C)ccc1OC. The molecule has 0 atom stereocenters. The number of Topliss-reactive ketones (excluding diaryl/α,β-unsaturated/α-hetero) is 1. The lowest BCUT2D eigenvalue weighted by Crippen LogP contribution is -2.09. The Morgan fingerprint density at radius 3 is 2.50 bits per heavy atom. The fourth-order valence-electron chi connectivity index (χ4n) is 1.51. The van der Waals surface area contributed by atoms with Crippen molar-refractivity contribution >= 4 is 5.78 Å². The molecule has 0 fully saturated rings. The average Bonchev–Trinajstić information content (AvgIpc) is 2.28. The standard InChI is InChI=1S/C13H18O3/c1-9(2)10-5-6-13(16-4)11(7-10)12(14)8-15-3/h5-7,9H,8H2,1-4H3. The van der Waals surface area contributed by atoms with E-state index in [0.717, 1.165) is 5.56 Å². The highest BCUT2D eigenvalue weighted by Crippen LogP contribution is 2.24. The number of carbonyl (C=O) groups excluding carboxylic acids is 1. The van der Waals surface area contributed by atoms with Gasteiger partial charge in [-0.1, -0.05) is 19.9 Å². The first-order valence-corrected chi connectivity index (χ1v) is 5.30. The van der Waals surface area contributed by atoms with Gasteiger partial charge in [-0.15, -0.1) is 0 Å². The van der Waals surface area contributed by atoms with Crippen LogP contribution in [-0.2, 0) is 4.74 Å². The first kappa shape index (κ1) is 12.7. The van der Waals surface area contributed by atoms with Gasteiger partial charge in [0.1, 0.15) is 12.4 Å². The maximum absolute atomic E-state index is 11.8. The van der Waals surface area contributed by atoms with Gasteiger partial charge >= 0.3 is 0 Å². The van der Waals surface area contributed by atoms with E-state index >= 15 is 0 Å². The van der Waals surface area contributed by atoms with E-state index in [-0.39, 0.29) is 12.4 Å². The topological polar surface area (TPSA) is 35.5 Å². The second-order valence-electron chi connectivity index (χ2n) is 3.97. The predicted molar refractivity (Wildman–Crippen MR) is 63.3 cm³/mol. The first-order valence-electron chi connectivity index (χ1n) is 5.30. The Kier molecular flexibility index (Phi) is 4.50. The molecule has 1 aromatic carbocycles. The van der Waals surface area contributed by atoms with Gasteiger partial charge in [-0.3, -0.25) is 4.79 Å². The Morgan fingerprint density at radius 2 is 2.00 bits per heavy atom. The highest BCUT2D eigenvalue weighted by molar-refractivity contribution is 5.99. The molecule has 0 bridgehead atoms. The van der Waals surface area contributed by atoms with Crippen LogP contribution in [0.1, 0.15) is 35.7 Å². The number of ether oxygens (including phenoxy) is 2. The van der Waals surface area contributed by atoms with Crippen molar-refractivity contribution in [2.75, 3.05) is 20.8 Å². The molecule has 16 heavy (non-hydrogen) atoms. The summed E-state index contributed by atoms with van der Waals surface area (Å²) in [5.74, 6) is 0.938. The van der Waals surface area contributed by atoms with Crippen molar-refractivity contribution in [3.8, 4) is 5.75 Å². The predicted octanol–water partition coefficient (Wildman–Crippen LogP) is 2.65. The maximum atomic E-state index is 11.8. The molecule has 1 rings (SSSR count). The summed E-state index contributed by atoms with van der Waals surface area (Å²) in [6.45, 7) is 4.26. The van der Waals surface area contributed by atoms with Crippen LogP contribution < -0.4 is 4.74 Å². The summed E-state index contributed by atoms with van der Waals surface area (Å²) >= 11 is 0. The lowest BCUT2D eigenvalue weighted by atomic mass is 9.98. The normalized spacial score (nSPS) is 10.6. The molecule has 0 aliphatic rings. The summed E-state index contributed by atoms with van der Waals surface area (Å²) in [4.78, 5) is 11.8. The molecule has 0 N–H and O–H groups in total. The Morgan fingerprint density at radius 1 is 1.31 bits per heavy atom. The third-order valence-corrected chi connectivity index (χ3v) is 2.47. The highest BCUT2D eigenvalue weighted by atomic mass is 16.5. The van der Waals surface area contributed by atoms with E-state index in [1.165, 1.54) is 7.11 Å². The van der Waals surface area contributed by atoms with Crippen molar-refractivity contribution in [1.82, 2.24) is 0 Å². The van der Waals surface area contributed by atoms with Crippen LogP contribution in [0.15, 0.2) is 18.2 Å². The second kappa shape index (κ2) is 5.66. The molecule has 0 heterocycles. The van der Waals surface area contributed by atoms with Gasteiger partial charge < -0.3 is 9.47 Å². The Bertz CT molecular complexity index is 369. The van der Waals surface area contributed by atoms with Crippen molar-refractivity contribution < 1.29 is 14.3 Å². The maximum Gasteiger partial charge on any atom is 0.192 e. The summed E-state index contributed by atoms with van der Waals surface area (Å²) in [5.41, 5.74) is 1.72. The van der Waals surface area contributed by atoms with Crippen molar-refractivity contribution in [1.29, 1.82) is 0 Å². The zero-order valence-electron chi connectivity index (χ0n) is 10.2. The molecule has 0 spiro atoms. The molecule has 0 saturated heterocycles. The molecule has 0 radical (unpaired) electrons. The quantitative estimate of drug-likeness (QED) is 0.718. The number of hydrogen-bond donors (Lipinski definition) is 0. The minimum Gasteiger partial charge on any atom is -0.496 e. The number of benzene rings is 1. The van der Waals surface area contributed by atoms with Crippen LogP contribution in [0.25, 0.3) is 0 Å². The van der Waals surface area contributed by atoms with Gasteiger partial charge in [-0.05, 0) is 23.6 Å². The molecule has 0 unspecified atom stereocenters. The largest absolute Gasteiger partial charge is 0.496 e. The molecule has 3 nitrogen and oxygen atoms in total. The van der Waals surface area contributed by atoms with Crippen LogP contribution in [0.2, 0.25) is 0 Å². The minimum absolute atomic E-state index is 0.0538. The van der Waals surface area contributed by atoms with Gasteiger partial charge in [0.25, 0.3) is 0 Å². The molecule has 0 aliphatic heterocycles. The highest BCUT2D eigenvalue weighted by Gasteiger charge is 2.13. The monoisotopic (exact) mass is 222 g/mol. The van der Waals surface area contributed by atoms with E-state index in [1.807, 2.05) is 18.2 Å². The van der Waals surface area contributed by atoms with E-state index < -0.39 is 0 Å². The Labute approximate surface area is 96.4 Å². The summed E-state index contributed by atoms with van der Waals surface area (Å²) in [5, 5.41) is 0. The second-order valence-corrected chi connectivity index (χ2v) is 3.97. The van der Waals surface area contributed by atoms with Crippen LogP contribution in [-0.4, -0.2) is 26.6 Å². The lowest BCUT2D eigenvalue weighted by molar-refractivity contribution is 0.0845. The van der Waals surface area contributed by atoms with E-state index in [1.54, 1.807) is 7.11 Å². The molecule has 3 heteroatoms. The van der Waals surface area contributed by atoms with Gasteiger partial charge in [0.05, 0.1) is 12.7 Å². The summed E-state index contributed by atoms with van der Waals surface area (Å²) in [6.07, 6.45) is 0. The van der Waals surface area contributed by atoms with Gasteiger partial charge in [-0.25, -0.2) is 0 Å². The van der Waals surface area contributed by atoms with E-state index in [4.69, 9.17) is 9.47 Å². The third kappa shape index (κ3) is 2.83. The van der Waals surface area contributed by atoms with E-state index in [0.29, 0.717) is 17.2 Å². The molecule has 88 valence electrons. The molecular weight excluding hydrogens is 204 g/mol. The zero-order chi connectivity index (χ0) is 12.1. The summed E-state index contributed by atoms with van der Waals surface area (Å²) in [6, 6.07) is 5.69. The van der Waals surface area contributed by atoms with Gasteiger partial charge in [-0.2, -0.15) is 0 Å². The Balaban J connectivity index is 3.11. The van der Waals surface area contributed by atoms with Crippen molar-refractivity contribution in [3.05, 3.63) is 29.3 Å². The smallest absolute Gasteiger partial charge is 0.192 e. The number of methoxy groups -OCH3 is 2.